The summed E-state index contributed by atoms with van der Waals surface area (Å²) in [6.45, 7) is 0. The topological polar surface area (TPSA) is 26.0 Å². The van der Waals surface area contributed by atoms with E-state index in [1.165, 1.54) is 4.88 Å². The number of fused-ring (bicyclic) bond motifs is 1. The van der Waals surface area contributed by atoms with Gasteiger partial charge in [-0.25, -0.2) is 4.98 Å². The van der Waals surface area contributed by atoms with E-state index >= 15 is 0 Å². The van der Waals surface area contributed by atoms with Crippen LogP contribution < -0.4 is 0 Å². The molecule has 2 heterocycles. The van der Waals surface area contributed by atoms with Crippen molar-refractivity contribution in [1.82, 2.24) is 4.98 Å². The summed E-state index contributed by atoms with van der Waals surface area (Å²) in [5.41, 5.74) is 1.72. The van der Waals surface area contributed by atoms with Crippen LogP contribution >= 0.6 is 11.3 Å². The van der Waals surface area contributed by atoms with Gasteiger partial charge in [-0.2, -0.15) is 0 Å². The molecule has 0 aliphatic carbocycles. The normalized spacial score (nSPS) is 11.5. The molecule has 0 unspecified atom stereocenters. The van der Waals surface area contributed by atoms with Crippen LogP contribution in [-0.4, -0.2) is 4.98 Å². The Kier molecular flexibility index (Phi) is 2.31. The predicted octanol–water partition coefficient (Wildman–Crippen LogP) is 4.06. The maximum atomic E-state index is 5.57. The highest BCUT2D eigenvalue weighted by Gasteiger charge is 2.00. The van der Waals surface area contributed by atoms with Crippen molar-refractivity contribution < 1.29 is 4.42 Å². The number of para-hydroxylation sites is 2. The highest BCUT2D eigenvalue weighted by atomic mass is 32.1. The summed E-state index contributed by atoms with van der Waals surface area (Å²) in [6.07, 6.45) is 3.90. The Morgan fingerprint density at radius 2 is 2.00 bits per heavy atom. The van der Waals surface area contributed by atoms with Crippen LogP contribution in [0.3, 0.4) is 0 Å². The van der Waals surface area contributed by atoms with E-state index in [1.54, 1.807) is 11.3 Å². The summed E-state index contributed by atoms with van der Waals surface area (Å²) >= 11 is 1.69. The molecular weight excluding hydrogens is 218 g/mol. The number of benzene rings is 1. The summed E-state index contributed by atoms with van der Waals surface area (Å²) < 4.78 is 5.57. The molecular formula is C13H9NOS. The van der Waals surface area contributed by atoms with E-state index in [0.29, 0.717) is 5.89 Å². The quantitative estimate of drug-likeness (QED) is 0.659. The van der Waals surface area contributed by atoms with Gasteiger partial charge in [0, 0.05) is 11.0 Å². The summed E-state index contributed by atoms with van der Waals surface area (Å²) in [5, 5.41) is 2.05. The second-order valence-electron chi connectivity index (χ2n) is 3.37. The maximum absolute atomic E-state index is 5.57. The molecule has 0 saturated carbocycles. The minimum atomic E-state index is 0.648. The van der Waals surface area contributed by atoms with E-state index in [0.717, 1.165) is 11.1 Å². The van der Waals surface area contributed by atoms with E-state index in [2.05, 4.69) is 11.1 Å². The van der Waals surface area contributed by atoms with E-state index in [4.69, 9.17) is 4.42 Å². The molecule has 3 rings (SSSR count). The number of oxazole rings is 1. The molecule has 2 aromatic heterocycles. The lowest BCUT2D eigenvalue weighted by atomic mass is 10.3. The van der Waals surface area contributed by atoms with E-state index in [1.807, 2.05) is 47.9 Å². The molecule has 0 spiro atoms. The third-order valence-corrected chi connectivity index (χ3v) is 3.08. The molecule has 3 aromatic rings. The maximum Gasteiger partial charge on any atom is 0.220 e. The first kappa shape index (κ1) is 9.36. The summed E-state index contributed by atoms with van der Waals surface area (Å²) in [5.74, 6) is 0.648. The molecule has 0 N–H and O–H groups in total. The minimum Gasteiger partial charge on any atom is -0.437 e. The molecule has 0 aliphatic heterocycles. The smallest absolute Gasteiger partial charge is 0.220 e. The first-order valence-electron chi connectivity index (χ1n) is 4.99. The molecule has 3 heteroatoms. The first-order chi connectivity index (χ1) is 7.92. The average molecular weight is 227 g/mol. The van der Waals surface area contributed by atoms with Gasteiger partial charge in [0.05, 0.1) is 0 Å². The molecule has 16 heavy (non-hydrogen) atoms. The molecule has 0 atom stereocenters. The van der Waals surface area contributed by atoms with Crippen LogP contribution in [0.25, 0.3) is 23.3 Å². The number of hydrogen-bond acceptors (Lipinski definition) is 3. The molecule has 2 nitrogen and oxygen atoms in total. The highest BCUT2D eigenvalue weighted by molar-refractivity contribution is 7.10. The Morgan fingerprint density at radius 3 is 2.81 bits per heavy atom. The van der Waals surface area contributed by atoms with Gasteiger partial charge in [-0.1, -0.05) is 18.2 Å². The number of thiophene rings is 1. The van der Waals surface area contributed by atoms with Crippen LogP contribution in [0.15, 0.2) is 46.2 Å². The van der Waals surface area contributed by atoms with Crippen molar-refractivity contribution in [2.24, 2.45) is 0 Å². The fraction of sp³-hybridized carbons (Fsp3) is 0. The third-order valence-electron chi connectivity index (χ3n) is 2.24. The van der Waals surface area contributed by atoms with Crippen LogP contribution in [0.4, 0.5) is 0 Å². The molecule has 0 radical (unpaired) electrons. The largest absolute Gasteiger partial charge is 0.437 e. The SMILES string of the molecule is C(=Cc1cccs1)c1nc2ccccc2o1. The zero-order chi connectivity index (χ0) is 10.8. The zero-order valence-electron chi connectivity index (χ0n) is 8.46. The van der Waals surface area contributed by atoms with Crippen LogP contribution in [-0.2, 0) is 0 Å². The van der Waals surface area contributed by atoms with Gasteiger partial charge in [0.25, 0.3) is 0 Å². The van der Waals surface area contributed by atoms with Crippen LogP contribution in [0.5, 0.6) is 0 Å². The van der Waals surface area contributed by atoms with E-state index in [-0.39, 0.29) is 0 Å². The minimum absolute atomic E-state index is 0.648. The Balaban J connectivity index is 1.95. The van der Waals surface area contributed by atoms with Crippen LogP contribution in [0, 0.1) is 0 Å². The molecule has 0 fully saturated rings. The van der Waals surface area contributed by atoms with Gasteiger partial charge in [-0.3, -0.25) is 0 Å². The van der Waals surface area contributed by atoms with Crippen molar-refractivity contribution in [3.05, 3.63) is 52.5 Å². The fourth-order valence-electron chi connectivity index (χ4n) is 1.50. The van der Waals surface area contributed by atoms with Crippen LogP contribution in [0.1, 0.15) is 10.8 Å². The standard InChI is InChI=1S/C13H9NOS/c1-2-6-12-11(5-1)14-13(15-12)8-7-10-4-3-9-16-10/h1-9H. The lowest BCUT2D eigenvalue weighted by Gasteiger charge is -1.82. The number of nitrogens with zero attached hydrogens (tertiary/aromatic N) is 1. The van der Waals surface area contributed by atoms with Crippen molar-refractivity contribution >= 4 is 34.6 Å². The fourth-order valence-corrected chi connectivity index (χ4v) is 2.12. The van der Waals surface area contributed by atoms with Gasteiger partial charge in [0.15, 0.2) is 5.58 Å². The first-order valence-corrected chi connectivity index (χ1v) is 5.87. The Bertz CT molecular complexity index is 589. The van der Waals surface area contributed by atoms with Gasteiger partial charge in [0.2, 0.25) is 5.89 Å². The van der Waals surface area contributed by atoms with Crippen molar-refractivity contribution in [3.8, 4) is 0 Å². The summed E-state index contributed by atoms with van der Waals surface area (Å²) in [6, 6.07) is 11.9. The number of hydrogen-bond donors (Lipinski definition) is 0. The summed E-state index contributed by atoms with van der Waals surface area (Å²) in [7, 11) is 0. The molecule has 0 aliphatic rings. The molecule has 0 amide bonds. The average Bonchev–Trinajstić information content (AvgIpc) is 2.95. The molecule has 0 saturated heterocycles. The second-order valence-corrected chi connectivity index (χ2v) is 4.35. The Morgan fingerprint density at radius 1 is 1.06 bits per heavy atom. The highest BCUT2D eigenvalue weighted by Crippen LogP contribution is 2.17. The molecule has 0 bridgehead atoms. The lowest BCUT2D eigenvalue weighted by Crippen LogP contribution is -1.68. The van der Waals surface area contributed by atoms with Gasteiger partial charge in [0.1, 0.15) is 5.52 Å². The van der Waals surface area contributed by atoms with Gasteiger partial charge >= 0.3 is 0 Å². The van der Waals surface area contributed by atoms with Gasteiger partial charge < -0.3 is 4.42 Å². The van der Waals surface area contributed by atoms with E-state index in [9.17, 15) is 0 Å². The van der Waals surface area contributed by atoms with Crippen molar-refractivity contribution in [2.45, 2.75) is 0 Å². The molecule has 78 valence electrons. The number of rotatable bonds is 2. The van der Waals surface area contributed by atoms with Crippen molar-refractivity contribution in [1.29, 1.82) is 0 Å². The molecule has 1 aromatic carbocycles. The second kappa shape index (κ2) is 3.94. The predicted molar refractivity (Wildman–Crippen MR) is 67.3 cm³/mol. The van der Waals surface area contributed by atoms with Gasteiger partial charge in [-0.05, 0) is 29.7 Å². The summed E-state index contributed by atoms with van der Waals surface area (Å²) in [4.78, 5) is 5.56. The third kappa shape index (κ3) is 1.77. The zero-order valence-corrected chi connectivity index (χ0v) is 9.28. The van der Waals surface area contributed by atoms with E-state index < -0.39 is 0 Å². The number of aromatic nitrogens is 1. The van der Waals surface area contributed by atoms with Gasteiger partial charge in [-0.15, -0.1) is 11.3 Å². The van der Waals surface area contributed by atoms with Crippen molar-refractivity contribution in [3.63, 3.8) is 0 Å². The van der Waals surface area contributed by atoms with Crippen molar-refractivity contribution in [2.75, 3.05) is 0 Å². The Hall–Kier alpha value is -1.87. The Labute approximate surface area is 96.9 Å². The lowest BCUT2D eigenvalue weighted by molar-refractivity contribution is 0.590. The monoisotopic (exact) mass is 227 g/mol. The van der Waals surface area contributed by atoms with Crippen LogP contribution in [0.2, 0.25) is 0 Å².